The largest absolute Gasteiger partial charge is 0.496 e. The van der Waals surface area contributed by atoms with E-state index in [1.54, 1.807) is 13.2 Å². The molecule has 3 aromatic rings. The minimum absolute atomic E-state index is 0.0720. The van der Waals surface area contributed by atoms with Crippen LogP contribution in [0, 0.1) is 0 Å². The van der Waals surface area contributed by atoms with E-state index < -0.39 is 10.0 Å². The van der Waals surface area contributed by atoms with E-state index >= 15 is 0 Å². The molecule has 1 aromatic heterocycles. The van der Waals surface area contributed by atoms with Crippen LogP contribution in [0.25, 0.3) is 11.0 Å². The lowest BCUT2D eigenvalue weighted by Gasteiger charge is -2.11. The summed E-state index contributed by atoms with van der Waals surface area (Å²) in [5.74, 6) is 0.294. The van der Waals surface area contributed by atoms with Crippen LogP contribution in [0.2, 0.25) is 0 Å². The number of ether oxygens (including phenoxy) is 1. The Morgan fingerprint density at radius 1 is 1.21 bits per heavy atom. The predicted molar refractivity (Wildman–Crippen MR) is 105 cm³/mol. The summed E-state index contributed by atoms with van der Waals surface area (Å²) in [4.78, 5) is 18.6. The van der Waals surface area contributed by atoms with Gasteiger partial charge in [0.1, 0.15) is 16.8 Å². The van der Waals surface area contributed by atoms with Crippen LogP contribution < -0.4 is 14.9 Å². The number of nitrogens with zero attached hydrogens (tertiary/aromatic N) is 4. The summed E-state index contributed by atoms with van der Waals surface area (Å²) < 4.78 is 31.0. The maximum atomic E-state index is 12.3. The third-order valence-corrected chi connectivity index (χ3v) is 5.96. The molecule has 1 N–H and O–H groups in total. The number of hydrogen-bond acceptors (Lipinski definition) is 7. The van der Waals surface area contributed by atoms with Crippen molar-refractivity contribution < 1.29 is 22.8 Å². The lowest BCUT2D eigenvalue weighted by Crippen LogP contribution is -2.31. The normalized spacial score (nSPS) is 11.6. The van der Waals surface area contributed by atoms with Crippen LogP contribution >= 0.6 is 0 Å². The molecule has 0 atom stereocenters. The maximum absolute atomic E-state index is 12.3. The molecule has 2 aromatic carbocycles. The van der Waals surface area contributed by atoms with Gasteiger partial charge < -0.3 is 14.9 Å². The Morgan fingerprint density at radius 3 is 2.69 bits per heavy atom. The van der Waals surface area contributed by atoms with Gasteiger partial charge in [0.25, 0.3) is 5.91 Å². The minimum atomic E-state index is -3.62. The zero-order valence-electron chi connectivity index (χ0n) is 16.2. The first-order chi connectivity index (χ1) is 13.8. The van der Waals surface area contributed by atoms with Gasteiger partial charge in [0.2, 0.25) is 10.0 Å². The molecule has 1 amide bonds. The summed E-state index contributed by atoms with van der Waals surface area (Å²) in [6.45, 7) is -0.0478. The zero-order valence-corrected chi connectivity index (χ0v) is 17.0. The van der Waals surface area contributed by atoms with Gasteiger partial charge in [-0.2, -0.15) is 0 Å². The SMILES string of the molecule is COc1ccccc1CNC(=O)COn1nnc2ccc(S(=O)(=O)N(C)C)cc21. The molecule has 0 aliphatic carbocycles. The molecule has 0 spiro atoms. The molecule has 154 valence electrons. The average molecular weight is 419 g/mol. The Balaban J connectivity index is 1.68. The molecular weight excluding hydrogens is 398 g/mol. The molecule has 10 nitrogen and oxygen atoms in total. The first kappa shape index (κ1) is 20.6. The predicted octanol–water partition coefficient (Wildman–Crippen LogP) is 0.435. The second kappa shape index (κ2) is 8.45. The van der Waals surface area contributed by atoms with Gasteiger partial charge in [-0.1, -0.05) is 23.0 Å². The van der Waals surface area contributed by atoms with Crippen LogP contribution in [0.15, 0.2) is 47.4 Å². The number of rotatable bonds is 8. The van der Waals surface area contributed by atoms with Gasteiger partial charge in [-0.25, -0.2) is 12.7 Å². The van der Waals surface area contributed by atoms with Crippen molar-refractivity contribution in [1.82, 2.24) is 24.8 Å². The fraction of sp³-hybridized carbons (Fsp3) is 0.278. The summed E-state index contributed by atoms with van der Waals surface area (Å²) >= 11 is 0. The summed E-state index contributed by atoms with van der Waals surface area (Å²) in [6, 6.07) is 11.7. The number of aromatic nitrogens is 3. The molecule has 11 heteroatoms. The zero-order chi connectivity index (χ0) is 21.0. The first-order valence-electron chi connectivity index (χ1n) is 8.63. The Hall–Kier alpha value is -3.18. The average Bonchev–Trinajstić information content (AvgIpc) is 3.13. The lowest BCUT2D eigenvalue weighted by atomic mass is 10.2. The molecule has 1 heterocycles. The summed E-state index contributed by atoms with van der Waals surface area (Å²) in [7, 11) is 0.822. The van der Waals surface area contributed by atoms with Crippen molar-refractivity contribution in [3.8, 4) is 5.75 Å². The molecular formula is C18H21N5O5S. The molecule has 0 saturated carbocycles. The van der Waals surface area contributed by atoms with Crippen LogP contribution in [-0.4, -0.2) is 61.6 Å². The van der Waals surface area contributed by atoms with Crippen LogP contribution in [0.5, 0.6) is 5.75 Å². The third-order valence-electron chi connectivity index (χ3n) is 4.15. The van der Waals surface area contributed by atoms with Crippen molar-refractivity contribution in [2.45, 2.75) is 11.4 Å². The standard InChI is InChI=1S/C18H21N5O5S/c1-22(2)29(25,26)14-8-9-15-16(10-14)23(21-20-15)28-12-18(24)19-11-13-6-4-5-7-17(13)27-3/h4-10H,11-12H2,1-3H3,(H,19,24). The van der Waals surface area contributed by atoms with Gasteiger partial charge in [0.15, 0.2) is 6.61 Å². The molecule has 0 aliphatic heterocycles. The van der Waals surface area contributed by atoms with E-state index in [1.807, 2.05) is 18.2 Å². The van der Waals surface area contributed by atoms with E-state index in [4.69, 9.17) is 9.57 Å². The number of carbonyl (C=O) groups excluding carboxylic acids is 1. The second-order valence-electron chi connectivity index (χ2n) is 6.26. The smallest absolute Gasteiger partial charge is 0.261 e. The summed E-state index contributed by atoms with van der Waals surface area (Å²) in [5, 5.41) is 10.5. The van der Waals surface area contributed by atoms with Gasteiger partial charge >= 0.3 is 0 Å². The Kier molecular flexibility index (Phi) is 5.99. The minimum Gasteiger partial charge on any atom is -0.496 e. The molecule has 0 fully saturated rings. The van der Waals surface area contributed by atoms with Gasteiger partial charge in [-0.3, -0.25) is 4.79 Å². The Morgan fingerprint density at radius 2 is 1.97 bits per heavy atom. The molecule has 3 rings (SSSR count). The van der Waals surface area contributed by atoms with E-state index in [0.717, 1.165) is 14.7 Å². The van der Waals surface area contributed by atoms with Gasteiger partial charge in [-0.05, 0) is 29.5 Å². The van der Waals surface area contributed by atoms with Crippen molar-refractivity contribution in [2.24, 2.45) is 0 Å². The third kappa shape index (κ3) is 4.46. The fourth-order valence-corrected chi connectivity index (χ4v) is 3.48. The van der Waals surface area contributed by atoms with Gasteiger partial charge in [0, 0.05) is 26.2 Å². The molecule has 0 aliphatic rings. The highest BCUT2D eigenvalue weighted by Crippen LogP contribution is 2.19. The lowest BCUT2D eigenvalue weighted by molar-refractivity contribution is -0.126. The fourth-order valence-electron chi connectivity index (χ4n) is 2.56. The monoisotopic (exact) mass is 419 g/mol. The van der Waals surface area contributed by atoms with Gasteiger partial charge in [-0.15, -0.1) is 5.10 Å². The highest BCUT2D eigenvalue weighted by Gasteiger charge is 2.19. The topological polar surface area (TPSA) is 116 Å². The molecule has 0 saturated heterocycles. The molecule has 29 heavy (non-hydrogen) atoms. The quantitative estimate of drug-likeness (QED) is 0.563. The number of hydrogen-bond donors (Lipinski definition) is 1. The molecule has 0 radical (unpaired) electrons. The highest BCUT2D eigenvalue weighted by atomic mass is 32.2. The number of amides is 1. The van der Waals surface area contributed by atoms with Gasteiger partial charge in [0.05, 0.1) is 12.0 Å². The van der Waals surface area contributed by atoms with Crippen LogP contribution in [0.3, 0.4) is 0 Å². The van der Waals surface area contributed by atoms with Crippen LogP contribution in [0.1, 0.15) is 5.56 Å². The number of methoxy groups -OCH3 is 1. The van der Waals surface area contributed by atoms with E-state index in [9.17, 15) is 13.2 Å². The first-order valence-corrected chi connectivity index (χ1v) is 10.1. The summed E-state index contributed by atoms with van der Waals surface area (Å²) in [6.07, 6.45) is 0. The van der Waals surface area contributed by atoms with E-state index in [-0.39, 0.29) is 24.0 Å². The van der Waals surface area contributed by atoms with Crippen molar-refractivity contribution in [2.75, 3.05) is 27.8 Å². The van der Waals surface area contributed by atoms with Crippen LogP contribution in [0.4, 0.5) is 0 Å². The number of fused-ring (bicyclic) bond motifs is 1. The molecule has 0 bridgehead atoms. The van der Waals surface area contributed by atoms with E-state index in [0.29, 0.717) is 16.8 Å². The van der Waals surface area contributed by atoms with Crippen molar-refractivity contribution >= 4 is 27.0 Å². The van der Waals surface area contributed by atoms with E-state index in [2.05, 4.69) is 15.6 Å². The second-order valence-corrected chi connectivity index (χ2v) is 8.41. The Bertz CT molecular complexity index is 1130. The number of carbonyl (C=O) groups is 1. The van der Waals surface area contributed by atoms with Crippen LogP contribution in [-0.2, 0) is 21.4 Å². The van der Waals surface area contributed by atoms with E-state index in [1.165, 1.54) is 32.3 Å². The number of para-hydroxylation sites is 1. The molecule has 0 unspecified atom stereocenters. The maximum Gasteiger partial charge on any atom is 0.261 e. The number of sulfonamides is 1. The Labute approximate surface area is 168 Å². The van der Waals surface area contributed by atoms with Crippen molar-refractivity contribution in [3.05, 3.63) is 48.0 Å². The van der Waals surface area contributed by atoms with Crippen molar-refractivity contribution in [1.29, 1.82) is 0 Å². The number of nitrogens with one attached hydrogen (secondary N) is 1. The number of benzene rings is 2. The van der Waals surface area contributed by atoms with Crippen molar-refractivity contribution in [3.63, 3.8) is 0 Å². The highest BCUT2D eigenvalue weighted by molar-refractivity contribution is 7.89. The summed E-state index contributed by atoms with van der Waals surface area (Å²) in [5.41, 5.74) is 1.61.